The van der Waals surface area contributed by atoms with Crippen molar-refractivity contribution in [1.29, 1.82) is 0 Å². The summed E-state index contributed by atoms with van der Waals surface area (Å²) in [6.45, 7) is 2.82. The number of nitrogens with zero attached hydrogens (tertiary/aromatic N) is 2. The van der Waals surface area contributed by atoms with Crippen molar-refractivity contribution in [3.63, 3.8) is 0 Å². The number of benzene rings is 1. The van der Waals surface area contributed by atoms with Crippen LogP contribution in [0.4, 0.5) is 5.82 Å². The van der Waals surface area contributed by atoms with E-state index in [4.69, 9.17) is 27.9 Å². The highest BCUT2D eigenvalue weighted by Gasteiger charge is 2.27. The first-order valence-corrected chi connectivity index (χ1v) is 7.67. The lowest BCUT2D eigenvalue weighted by Crippen LogP contribution is -2.04. The molecule has 0 unspecified atom stereocenters. The summed E-state index contributed by atoms with van der Waals surface area (Å²) in [6, 6.07) is 6.89. The molecule has 0 aliphatic heterocycles. The van der Waals surface area contributed by atoms with Gasteiger partial charge in [-0.05, 0) is 38.0 Å². The number of halogens is 2. The number of hydrogen-bond donors (Lipinski definition) is 1. The van der Waals surface area contributed by atoms with Crippen LogP contribution in [0, 0.1) is 0 Å². The Morgan fingerprint density at radius 3 is 2.71 bits per heavy atom. The molecule has 6 heteroatoms. The molecule has 1 N–H and O–H groups in total. The van der Waals surface area contributed by atoms with E-state index in [1.165, 1.54) is 0 Å². The maximum Gasteiger partial charge on any atom is 0.224 e. The number of nitrogens with one attached hydrogen (secondary N) is 1. The molecule has 0 amide bonds. The monoisotopic (exact) mass is 323 g/mol. The number of rotatable bonds is 5. The van der Waals surface area contributed by atoms with Gasteiger partial charge in [0, 0.05) is 23.6 Å². The summed E-state index contributed by atoms with van der Waals surface area (Å²) in [5.74, 6) is 3.07. The van der Waals surface area contributed by atoms with E-state index in [0.717, 1.165) is 31.0 Å². The van der Waals surface area contributed by atoms with Crippen molar-refractivity contribution in [2.45, 2.75) is 25.7 Å². The van der Waals surface area contributed by atoms with Crippen molar-refractivity contribution in [3.8, 4) is 11.6 Å². The molecule has 1 aromatic carbocycles. The summed E-state index contributed by atoms with van der Waals surface area (Å²) in [5.41, 5.74) is 0. The maximum atomic E-state index is 6.13. The molecule has 110 valence electrons. The Bertz CT molecular complexity index is 659. The second-order valence-electron chi connectivity index (χ2n) is 4.93. The third-order valence-electron chi connectivity index (χ3n) is 3.13. The number of anilines is 1. The molecule has 1 saturated carbocycles. The zero-order chi connectivity index (χ0) is 14.8. The molecule has 0 saturated heterocycles. The quantitative estimate of drug-likeness (QED) is 0.851. The summed E-state index contributed by atoms with van der Waals surface area (Å²) in [7, 11) is 0. The van der Waals surface area contributed by atoms with E-state index in [1.54, 1.807) is 24.3 Å². The molecule has 1 aromatic heterocycles. The van der Waals surface area contributed by atoms with Crippen LogP contribution in [0.3, 0.4) is 0 Å². The molecule has 1 aliphatic carbocycles. The number of aromatic nitrogens is 2. The molecule has 0 atom stereocenters. The van der Waals surface area contributed by atoms with E-state index in [0.29, 0.717) is 27.6 Å². The molecule has 4 nitrogen and oxygen atoms in total. The highest BCUT2D eigenvalue weighted by molar-refractivity contribution is 6.35. The normalized spacial score (nSPS) is 14.0. The fourth-order valence-electron chi connectivity index (χ4n) is 1.96. The van der Waals surface area contributed by atoms with Gasteiger partial charge in [0.05, 0.1) is 5.02 Å². The number of hydrogen-bond acceptors (Lipinski definition) is 4. The van der Waals surface area contributed by atoms with E-state index in [-0.39, 0.29) is 0 Å². The first-order valence-electron chi connectivity index (χ1n) is 6.91. The third-order valence-corrected chi connectivity index (χ3v) is 3.66. The molecule has 3 rings (SSSR count). The van der Waals surface area contributed by atoms with Crippen LogP contribution in [0.2, 0.25) is 10.0 Å². The minimum absolute atomic E-state index is 0.451. The maximum absolute atomic E-state index is 6.13. The van der Waals surface area contributed by atoms with Crippen molar-refractivity contribution in [2.75, 3.05) is 11.9 Å². The van der Waals surface area contributed by atoms with Gasteiger partial charge < -0.3 is 10.1 Å². The first kappa shape index (κ1) is 14.4. The van der Waals surface area contributed by atoms with Crippen LogP contribution in [0.1, 0.15) is 31.5 Å². The zero-order valence-electron chi connectivity index (χ0n) is 11.6. The van der Waals surface area contributed by atoms with Crippen molar-refractivity contribution in [1.82, 2.24) is 9.97 Å². The van der Waals surface area contributed by atoms with Gasteiger partial charge in [0.2, 0.25) is 5.88 Å². The van der Waals surface area contributed by atoms with Gasteiger partial charge in [-0.15, -0.1) is 0 Å². The van der Waals surface area contributed by atoms with Crippen LogP contribution in [0.5, 0.6) is 11.6 Å². The van der Waals surface area contributed by atoms with Gasteiger partial charge in [-0.25, -0.2) is 4.98 Å². The molecule has 0 radical (unpaired) electrons. The average Bonchev–Trinajstić information content (AvgIpc) is 3.27. The Morgan fingerprint density at radius 2 is 2.05 bits per heavy atom. The minimum atomic E-state index is 0.451. The second kappa shape index (κ2) is 6.08. The Kier molecular flexibility index (Phi) is 4.17. The molecule has 2 aromatic rings. The fourth-order valence-corrected chi connectivity index (χ4v) is 2.41. The van der Waals surface area contributed by atoms with Gasteiger partial charge in [0.15, 0.2) is 0 Å². The van der Waals surface area contributed by atoms with E-state index >= 15 is 0 Å². The molecular weight excluding hydrogens is 309 g/mol. The highest BCUT2D eigenvalue weighted by Crippen LogP contribution is 2.40. The predicted molar refractivity (Wildman–Crippen MR) is 84.7 cm³/mol. The summed E-state index contributed by atoms with van der Waals surface area (Å²) in [4.78, 5) is 8.98. The van der Waals surface area contributed by atoms with Gasteiger partial charge in [0.25, 0.3) is 0 Å². The van der Waals surface area contributed by atoms with E-state index < -0.39 is 0 Å². The average molecular weight is 324 g/mol. The first-order chi connectivity index (χ1) is 10.2. The molecule has 0 bridgehead atoms. The van der Waals surface area contributed by atoms with Gasteiger partial charge in [-0.3, -0.25) is 0 Å². The fraction of sp³-hybridized carbons (Fsp3) is 0.333. The van der Waals surface area contributed by atoms with Crippen LogP contribution in [0.15, 0.2) is 24.3 Å². The SMILES string of the molecule is CCNc1cc(Oc2ccc(Cl)cc2Cl)nc(C2CC2)n1. The van der Waals surface area contributed by atoms with Crippen LogP contribution in [-0.4, -0.2) is 16.5 Å². The lowest BCUT2D eigenvalue weighted by molar-refractivity contribution is 0.459. The predicted octanol–water partition coefficient (Wildman–Crippen LogP) is 4.88. The smallest absolute Gasteiger partial charge is 0.224 e. The van der Waals surface area contributed by atoms with Gasteiger partial charge >= 0.3 is 0 Å². The van der Waals surface area contributed by atoms with Gasteiger partial charge in [-0.1, -0.05) is 23.2 Å². The molecule has 1 aliphatic rings. The van der Waals surface area contributed by atoms with Crippen molar-refractivity contribution >= 4 is 29.0 Å². The Balaban J connectivity index is 1.89. The van der Waals surface area contributed by atoms with Crippen LogP contribution >= 0.6 is 23.2 Å². The van der Waals surface area contributed by atoms with Crippen LogP contribution in [0.25, 0.3) is 0 Å². The third kappa shape index (κ3) is 3.57. The van der Waals surface area contributed by atoms with E-state index in [1.807, 2.05) is 6.92 Å². The summed E-state index contributed by atoms with van der Waals surface area (Å²) in [5, 5.41) is 4.22. The van der Waals surface area contributed by atoms with Crippen molar-refractivity contribution in [2.24, 2.45) is 0 Å². The Morgan fingerprint density at radius 1 is 1.24 bits per heavy atom. The molecular formula is C15H15Cl2N3O. The standard InChI is InChI=1S/C15H15Cl2N3O/c1-2-18-13-8-14(20-15(19-13)9-3-4-9)21-12-6-5-10(16)7-11(12)17/h5-9H,2-4H2,1H3,(H,18,19,20). The van der Waals surface area contributed by atoms with Crippen LogP contribution in [-0.2, 0) is 0 Å². The Hall–Kier alpha value is -1.52. The highest BCUT2D eigenvalue weighted by atomic mass is 35.5. The van der Waals surface area contributed by atoms with Crippen molar-refractivity contribution in [3.05, 3.63) is 40.1 Å². The summed E-state index contributed by atoms with van der Waals surface area (Å²) >= 11 is 12.0. The minimum Gasteiger partial charge on any atom is -0.437 e. The molecule has 1 fully saturated rings. The van der Waals surface area contributed by atoms with Crippen molar-refractivity contribution < 1.29 is 4.74 Å². The lowest BCUT2D eigenvalue weighted by atomic mass is 10.3. The molecule has 21 heavy (non-hydrogen) atoms. The second-order valence-corrected chi connectivity index (χ2v) is 5.77. The van der Waals surface area contributed by atoms with Crippen LogP contribution < -0.4 is 10.1 Å². The zero-order valence-corrected chi connectivity index (χ0v) is 13.1. The largest absolute Gasteiger partial charge is 0.437 e. The van der Waals surface area contributed by atoms with Gasteiger partial charge in [-0.2, -0.15) is 4.98 Å². The summed E-state index contributed by atoms with van der Waals surface area (Å²) < 4.78 is 5.79. The molecule has 1 heterocycles. The molecule has 0 spiro atoms. The van der Waals surface area contributed by atoms with E-state index in [9.17, 15) is 0 Å². The van der Waals surface area contributed by atoms with E-state index in [2.05, 4.69) is 15.3 Å². The lowest BCUT2D eigenvalue weighted by Gasteiger charge is -2.10. The topological polar surface area (TPSA) is 47.0 Å². The number of ether oxygens (including phenoxy) is 1. The Labute approximate surface area is 133 Å². The summed E-state index contributed by atoms with van der Waals surface area (Å²) in [6.07, 6.45) is 2.27. The van der Waals surface area contributed by atoms with Gasteiger partial charge in [0.1, 0.15) is 17.4 Å².